The van der Waals surface area contributed by atoms with E-state index in [0.717, 1.165) is 11.1 Å². The minimum atomic E-state index is -3.34. The van der Waals surface area contributed by atoms with Gasteiger partial charge in [-0.25, -0.2) is 12.7 Å². The number of aliphatic hydroxyl groups excluding tert-OH is 1. The molecule has 21 heavy (non-hydrogen) atoms. The molecule has 0 aromatic heterocycles. The highest BCUT2D eigenvalue weighted by atomic mass is 32.2. The number of rotatable bonds is 7. The maximum atomic E-state index is 12.0. The standard InChI is InChI=1S/C15H21NO4S/c1-16(21(18,19)12-11-20-2)13-15-9-4-3-7-14(15)8-5-6-10-17/h3-4,7,9,17H,6,10-13H2,1-2H3. The Morgan fingerprint density at radius 3 is 2.71 bits per heavy atom. The van der Waals surface area contributed by atoms with E-state index >= 15 is 0 Å². The van der Waals surface area contributed by atoms with Crippen molar-refractivity contribution in [2.75, 3.05) is 33.1 Å². The minimum absolute atomic E-state index is 0.0144. The number of sulfonamides is 1. The van der Waals surface area contributed by atoms with Crippen LogP contribution in [-0.2, 0) is 21.3 Å². The van der Waals surface area contributed by atoms with Crippen molar-refractivity contribution < 1.29 is 18.3 Å². The van der Waals surface area contributed by atoms with Crippen molar-refractivity contribution in [2.45, 2.75) is 13.0 Å². The van der Waals surface area contributed by atoms with Crippen molar-refractivity contribution in [3.63, 3.8) is 0 Å². The van der Waals surface area contributed by atoms with Gasteiger partial charge in [0.05, 0.1) is 19.0 Å². The summed E-state index contributed by atoms with van der Waals surface area (Å²) < 4.78 is 30.2. The van der Waals surface area contributed by atoms with E-state index < -0.39 is 10.0 Å². The zero-order valence-corrected chi connectivity index (χ0v) is 13.2. The van der Waals surface area contributed by atoms with Gasteiger partial charge < -0.3 is 9.84 Å². The van der Waals surface area contributed by atoms with Crippen molar-refractivity contribution in [2.24, 2.45) is 0 Å². The molecule has 0 atom stereocenters. The molecule has 0 unspecified atom stereocenters. The Morgan fingerprint density at radius 1 is 1.33 bits per heavy atom. The van der Waals surface area contributed by atoms with Gasteiger partial charge >= 0.3 is 0 Å². The Hall–Kier alpha value is -1.39. The van der Waals surface area contributed by atoms with Gasteiger partial charge in [0.1, 0.15) is 0 Å². The molecular formula is C15H21NO4S. The fourth-order valence-electron chi connectivity index (χ4n) is 1.68. The summed E-state index contributed by atoms with van der Waals surface area (Å²) in [6, 6.07) is 7.40. The van der Waals surface area contributed by atoms with Crippen LogP contribution >= 0.6 is 0 Å². The van der Waals surface area contributed by atoms with Gasteiger partial charge in [-0.3, -0.25) is 0 Å². The molecule has 0 radical (unpaired) electrons. The fraction of sp³-hybridized carbons (Fsp3) is 0.467. The second-order valence-electron chi connectivity index (χ2n) is 4.50. The first-order chi connectivity index (χ1) is 10.0. The number of hydrogen-bond donors (Lipinski definition) is 1. The van der Waals surface area contributed by atoms with E-state index in [2.05, 4.69) is 11.8 Å². The molecule has 6 heteroatoms. The van der Waals surface area contributed by atoms with Crippen molar-refractivity contribution >= 4 is 10.0 Å². The van der Waals surface area contributed by atoms with E-state index in [1.807, 2.05) is 24.3 Å². The van der Waals surface area contributed by atoms with Gasteiger partial charge in [-0.05, 0) is 11.6 Å². The van der Waals surface area contributed by atoms with Crippen molar-refractivity contribution in [3.05, 3.63) is 35.4 Å². The second-order valence-corrected chi connectivity index (χ2v) is 6.69. The Kier molecular flexibility index (Phi) is 7.40. The predicted octanol–water partition coefficient (Wildman–Crippen LogP) is 0.828. The van der Waals surface area contributed by atoms with Crippen molar-refractivity contribution in [1.29, 1.82) is 0 Å². The van der Waals surface area contributed by atoms with Gasteiger partial charge in [0.25, 0.3) is 0 Å². The average Bonchev–Trinajstić information content (AvgIpc) is 2.47. The predicted molar refractivity (Wildman–Crippen MR) is 82.2 cm³/mol. The largest absolute Gasteiger partial charge is 0.395 e. The molecule has 0 spiro atoms. The van der Waals surface area contributed by atoms with Gasteiger partial charge in [0.15, 0.2) is 0 Å². The molecule has 116 valence electrons. The second kappa shape index (κ2) is 8.80. The van der Waals surface area contributed by atoms with E-state index in [1.54, 1.807) is 7.05 Å². The average molecular weight is 311 g/mol. The topological polar surface area (TPSA) is 66.8 Å². The summed E-state index contributed by atoms with van der Waals surface area (Å²) >= 11 is 0. The van der Waals surface area contributed by atoms with Crippen LogP contribution in [0.3, 0.4) is 0 Å². The van der Waals surface area contributed by atoms with Gasteiger partial charge in [-0.1, -0.05) is 30.0 Å². The SMILES string of the molecule is COCCS(=O)(=O)N(C)Cc1ccccc1C#CCCO. The molecule has 0 saturated carbocycles. The first-order valence-electron chi connectivity index (χ1n) is 6.62. The van der Waals surface area contributed by atoms with E-state index in [0.29, 0.717) is 6.42 Å². The minimum Gasteiger partial charge on any atom is -0.395 e. The van der Waals surface area contributed by atoms with Gasteiger partial charge in [-0.2, -0.15) is 0 Å². The lowest BCUT2D eigenvalue weighted by atomic mass is 10.1. The Labute approximate surface area is 126 Å². The van der Waals surface area contributed by atoms with Gasteiger partial charge in [-0.15, -0.1) is 0 Å². The van der Waals surface area contributed by atoms with Gasteiger partial charge in [0, 0.05) is 32.7 Å². The number of aliphatic hydroxyl groups is 1. The van der Waals surface area contributed by atoms with Crippen LogP contribution in [-0.4, -0.2) is 51.0 Å². The molecular weight excluding hydrogens is 290 g/mol. The van der Waals surface area contributed by atoms with Crippen LogP contribution in [0.5, 0.6) is 0 Å². The van der Waals surface area contributed by atoms with Crippen LogP contribution in [0.2, 0.25) is 0 Å². The highest BCUT2D eigenvalue weighted by molar-refractivity contribution is 7.89. The first kappa shape index (κ1) is 17.7. The molecule has 1 N–H and O–H groups in total. The third kappa shape index (κ3) is 5.86. The molecule has 0 bridgehead atoms. The summed E-state index contributed by atoms with van der Waals surface area (Å²) in [4.78, 5) is 0. The lowest BCUT2D eigenvalue weighted by molar-refractivity contribution is 0.215. The molecule has 0 heterocycles. The summed E-state index contributed by atoms with van der Waals surface area (Å²) in [5, 5.41) is 8.75. The summed E-state index contributed by atoms with van der Waals surface area (Å²) in [6.07, 6.45) is 0.399. The van der Waals surface area contributed by atoms with Crippen LogP contribution in [0.1, 0.15) is 17.5 Å². The molecule has 0 saturated heterocycles. The third-order valence-electron chi connectivity index (χ3n) is 2.89. The smallest absolute Gasteiger partial charge is 0.216 e. The molecule has 1 aromatic carbocycles. The fourth-order valence-corrected chi connectivity index (χ4v) is 2.70. The summed E-state index contributed by atoms with van der Waals surface area (Å²) in [7, 11) is -0.324. The Balaban J connectivity index is 2.86. The molecule has 0 amide bonds. The Bertz CT molecular complexity index is 602. The van der Waals surface area contributed by atoms with Crippen LogP contribution in [0.25, 0.3) is 0 Å². The summed E-state index contributed by atoms with van der Waals surface area (Å²) in [5.41, 5.74) is 1.62. The summed E-state index contributed by atoms with van der Waals surface area (Å²) in [5.74, 6) is 5.76. The van der Waals surface area contributed by atoms with Crippen LogP contribution < -0.4 is 0 Å². The van der Waals surface area contributed by atoms with Crippen LogP contribution in [0.15, 0.2) is 24.3 Å². The zero-order valence-electron chi connectivity index (χ0n) is 12.4. The molecule has 0 aliphatic heterocycles. The molecule has 0 aliphatic carbocycles. The van der Waals surface area contributed by atoms with Crippen molar-refractivity contribution in [3.8, 4) is 11.8 Å². The lowest BCUT2D eigenvalue weighted by Gasteiger charge is -2.17. The highest BCUT2D eigenvalue weighted by Crippen LogP contribution is 2.12. The van der Waals surface area contributed by atoms with E-state index in [-0.39, 0.29) is 25.5 Å². The molecule has 0 aliphatic rings. The number of nitrogens with zero attached hydrogens (tertiary/aromatic N) is 1. The van der Waals surface area contributed by atoms with Crippen LogP contribution in [0.4, 0.5) is 0 Å². The van der Waals surface area contributed by atoms with Crippen LogP contribution in [0, 0.1) is 11.8 Å². The quantitative estimate of drug-likeness (QED) is 0.758. The van der Waals surface area contributed by atoms with E-state index in [1.165, 1.54) is 11.4 Å². The highest BCUT2D eigenvalue weighted by Gasteiger charge is 2.18. The third-order valence-corrected chi connectivity index (χ3v) is 4.65. The normalized spacial score (nSPS) is 11.2. The Morgan fingerprint density at radius 2 is 2.05 bits per heavy atom. The van der Waals surface area contributed by atoms with Gasteiger partial charge in [0.2, 0.25) is 10.0 Å². The number of methoxy groups -OCH3 is 1. The molecule has 0 fully saturated rings. The zero-order chi connectivity index (χ0) is 15.7. The maximum Gasteiger partial charge on any atom is 0.216 e. The number of ether oxygens (including phenoxy) is 1. The summed E-state index contributed by atoms with van der Waals surface area (Å²) in [6.45, 7) is 0.446. The lowest BCUT2D eigenvalue weighted by Crippen LogP contribution is -2.30. The first-order valence-corrected chi connectivity index (χ1v) is 8.22. The van der Waals surface area contributed by atoms with Crippen molar-refractivity contribution in [1.82, 2.24) is 4.31 Å². The molecule has 1 rings (SSSR count). The van der Waals surface area contributed by atoms with E-state index in [4.69, 9.17) is 9.84 Å². The maximum absolute atomic E-state index is 12.0. The monoisotopic (exact) mass is 311 g/mol. The number of benzene rings is 1. The molecule has 5 nitrogen and oxygen atoms in total. The molecule has 1 aromatic rings. The number of hydrogen-bond acceptors (Lipinski definition) is 4. The van der Waals surface area contributed by atoms with E-state index in [9.17, 15) is 8.42 Å².